The van der Waals surface area contributed by atoms with Crippen molar-refractivity contribution in [2.45, 2.75) is 20.3 Å². The first-order valence-corrected chi connectivity index (χ1v) is 11.5. The highest BCUT2D eigenvalue weighted by molar-refractivity contribution is 5.97. The van der Waals surface area contributed by atoms with Crippen LogP contribution in [0, 0.1) is 6.92 Å². The van der Waals surface area contributed by atoms with Crippen LogP contribution in [0.15, 0.2) is 105 Å². The summed E-state index contributed by atoms with van der Waals surface area (Å²) in [6, 6.07) is 18.2. The minimum atomic E-state index is 0.600. The van der Waals surface area contributed by atoms with Crippen LogP contribution in [-0.4, -0.2) is 14.5 Å². The van der Waals surface area contributed by atoms with Crippen molar-refractivity contribution >= 4 is 34.4 Å². The van der Waals surface area contributed by atoms with Crippen molar-refractivity contribution < 1.29 is 0 Å². The van der Waals surface area contributed by atoms with Crippen LogP contribution in [0.3, 0.4) is 0 Å². The Morgan fingerprint density at radius 2 is 1.77 bits per heavy atom. The fraction of sp³-hybridized carbons (Fsp3) is 0.0968. The molecule has 0 aliphatic carbocycles. The van der Waals surface area contributed by atoms with Crippen LogP contribution in [0.1, 0.15) is 35.1 Å². The molecule has 4 nitrogen and oxygen atoms in total. The molecule has 0 atom stereocenters. The highest BCUT2D eigenvalue weighted by Crippen LogP contribution is 2.33. The van der Waals surface area contributed by atoms with Crippen LogP contribution < -0.4 is 5.73 Å². The average molecular weight is 461 g/mol. The van der Waals surface area contributed by atoms with Gasteiger partial charge >= 0.3 is 0 Å². The van der Waals surface area contributed by atoms with Gasteiger partial charge in [-0.05, 0) is 62.4 Å². The lowest BCUT2D eigenvalue weighted by Crippen LogP contribution is -2.04. The zero-order valence-corrected chi connectivity index (χ0v) is 20.5. The van der Waals surface area contributed by atoms with Gasteiger partial charge in [-0.15, -0.1) is 13.2 Å². The van der Waals surface area contributed by atoms with Crippen LogP contribution in [0.4, 0.5) is 0 Å². The normalized spacial score (nSPS) is 11.9. The number of hydrogen-bond acceptors (Lipinski definition) is 3. The van der Waals surface area contributed by atoms with E-state index in [1.165, 1.54) is 5.56 Å². The fourth-order valence-electron chi connectivity index (χ4n) is 3.97. The molecule has 176 valence electrons. The van der Waals surface area contributed by atoms with Crippen LogP contribution >= 0.6 is 0 Å². The molecule has 0 aliphatic rings. The van der Waals surface area contributed by atoms with E-state index in [1.807, 2.05) is 67.7 Å². The summed E-state index contributed by atoms with van der Waals surface area (Å²) in [6.07, 6.45) is 14.5. The van der Waals surface area contributed by atoms with Crippen molar-refractivity contribution in [3.8, 4) is 0 Å². The quantitative estimate of drug-likeness (QED) is 0.232. The van der Waals surface area contributed by atoms with Crippen molar-refractivity contribution in [3.05, 3.63) is 133 Å². The third-order valence-corrected chi connectivity index (χ3v) is 5.50. The Morgan fingerprint density at radius 3 is 2.40 bits per heavy atom. The van der Waals surface area contributed by atoms with Crippen molar-refractivity contribution in [2.75, 3.05) is 0 Å². The predicted octanol–water partition coefficient (Wildman–Crippen LogP) is 7.30. The van der Waals surface area contributed by atoms with Crippen molar-refractivity contribution in [2.24, 2.45) is 5.73 Å². The number of aryl methyl sites for hydroxylation is 1. The summed E-state index contributed by atoms with van der Waals surface area (Å²) in [5, 5.41) is 1.16. The molecular weight excluding hydrogens is 428 g/mol. The second-order valence-electron chi connectivity index (χ2n) is 7.83. The second-order valence-corrected chi connectivity index (χ2v) is 7.83. The van der Waals surface area contributed by atoms with Gasteiger partial charge in [0.25, 0.3) is 0 Å². The molecule has 0 saturated carbocycles. The molecule has 0 radical (unpaired) electrons. The van der Waals surface area contributed by atoms with E-state index < -0.39 is 0 Å². The predicted molar refractivity (Wildman–Crippen MR) is 151 cm³/mol. The number of aromatic nitrogens is 3. The number of allylic oxidation sites excluding steroid dienone is 4. The van der Waals surface area contributed by atoms with Gasteiger partial charge in [-0.1, -0.05) is 48.6 Å². The molecule has 3 aromatic heterocycles. The van der Waals surface area contributed by atoms with Gasteiger partial charge in [0.05, 0.1) is 22.6 Å². The zero-order chi connectivity index (χ0) is 25.2. The fourth-order valence-corrected chi connectivity index (χ4v) is 3.97. The molecule has 1 aromatic carbocycles. The summed E-state index contributed by atoms with van der Waals surface area (Å²) in [6.45, 7) is 14.2. The minimum absolute atomic E-state index is 0.600. The summed E-state index contributed by atoms with van der Waals surface area (Å²) in [5.41, 5.74) is 14.3. The second kappa shape index (κ2) is 12.1. The van der Waals surface area contributed by atoms with E-state index in [9.17, 15) is 0 Å². The van der Waals surface area contributed by atoms with E-state index in [0.717, 1.165) is 39.2 Å². The molecule has 0 aliphatic heterocycles. The molecule has 4 heteroatoms. The average Bonchev–Trinajstić information content (AvgIpc) is 3.20. The highest BCUT2D eigenvalue weighted by Gasteiger charge is 2.16. The van der Waals surface area contributed by atoms with Crippen LogP contribution in [0.2, 0.25) is 0 Å². The van der Waals surface area contributed by atoms with Gasteiger partial charge in [0.2, 0.25) is 0 Å². The van der Waals surface area contributed by atoms with Gasteiger partial charge in [-0.25, -0.2) is 0 Å². The van der Waals surface area contributed by atoms with E-state index in [1.54, 1.807) is 6.20 Å². The van der Waals surface area contributed by atoms with E-state index in [2.05, 4.69) is 71.5 Å². The number of rotatable bonds is 7. The molecule has 35 heavy (non-hydrogen) atoms. The molecule has 4 aromatic rings. The van der Waals surface area contributed by atoms with Gasteiger partial charge in [-0.3, -0.25) is 9.97 Å². The number of hydrogen-bond donors (Lipinski definition) is 1. The summed E-state index contributed by atoms with van der Waals surface area (Å²) in [7, 11) is 0. The maximum Gasteiger partial charge on any atom is 0.0859 e. The molecule has 3 heterocycles. The van der Waals surface area contributed by atoms with E-state index in [-0.39, 0.29) is 0 Å². The smallest absolute Gasteiger partial charge is 0.0859 e. The maximum absolute atomic E-state index is 6.52. The molecule has 0 unspecified atom stereocenters. The van der Waals surface area contributed by atoms with Gasteiger partial charge in [0.15, 0.2) is 0 Å². The van der Waals surface area contributed by atoms with Gasteiger partial charge in [0, 0.05) is 41.2 Å². The molecule has 0 saturated heterocycles. The number of fused-ring (bicyclic) bond motifs is 1. The third-order valence-electron chi connectivity index (χ3n) is 5.50. The summed E-state index contributed by atoms with van der Waals surface area (Å²) in [4.78, 5) is 8.91. The lowest BCUT2D eigenvalue weighted by Gasteiger charge is -2.13. The molecule has 0 fully saturated rings. The Bertz CT molecular complexity index is 1370. The Morgan fingerprint density at radius 1 is 1.03 bits per heavy atom. The summed E-state index contributed by atoms with van der Waals surface area (Å²) in [5.74, 6) is 0. The molecule has 0 bridgehead atoms. The lowest BCUT2D eigenvalue weighted by molar-refractivity contribution is 1.08. The molecule has 4 rings (SSSR count). The number of benzene rings is 1. The number of pyridine rings is 2. The van der Waals surface area contributed by atoms with E-state index in [4.69, 9.17) is 5.73 Å². The summed E-state index contributed by atoms with van der Waals surface area (Å²) >= 11 is 0. The largest absolute Gasteiger partial charge is 0.397 e. The Hall–Kier alpha value is -4.44. The SMILES string of the molecule is C=C.C=Cc1c(/C=C\C)n(C(/C=C(\N)c2ccccn2)=C/Cc2ccccn2)c2ccc(C)cc12. The first-order chi connectivity index (χ1) is 17.1. The van der Waals surface area contributed by atoms with Gasteiger partial charge in [0.1, 0.15) is 0 Å². The topological polar surface area (TPSA) is 56.7 Å². The number of nitrogens with two attached hydrogens (primary N) is 1. The molecule has 0 amide bonds. The first kappa shape index (κ1) is 25.2. The monoisotopic (exact) mass is 460 g/mol. The van der Waals surface area contributed by atoms with Crippen LogP contribution in [0.5, 0.6) is 0 Å². The minimum Gasteiger partial charge on any atom is -0.397 e. The highest BCUT2D eigenvalue weighted by atomic mass is 15.0. The standard InChI is InChI=1S/C29H28N4.C2H4/c1-4-10-28-24(5-2)25-19-21(3)13-16-29(25)33(28)23(15-14-22-11-6-8-17-31-22)20-26(30)27-12-7-9-18-32-27;1-2/h4-13,15-20H,2,14,30H2,1,3H3;1-2H2/b10-4-,23-15+,26-20-;. The van der Waals surface area contributed by atoms with E-state index >= 15 is 0 Å². The third kappa shape index (κ3) is 5.74. The van der Waals surface area contributed by atoms with Gasteiger partial charge in [-0.2, -0.15) is 0 Å². The Balaban J connectivity index is 0.00000167. The van der Waals surface area contributed by atoms with Crippen LogP contribution in [0.25, 0.3) is 34.4 Å². The first-order valence-electron chi connectivity index (χ1n) is 11.5. The van der Waals surface area contributed by atoms with Crippen molar-refractivity contribution in [3.63, 3.8) is 0 Å². The molecule has 0 spiro atoms. The van der Waals surface area contributed by atoms with Crippen molar-refractivity contribution in [1.29, 1.82) is 0 Å². The van der Waals surface area contributed by atoms with Crippen molar-refractivity contribution in [1.82, 2.24) is 14.5 Å². The summed E-state index contributed by atoms with van der Waals surface area (Å²) < 4.78 is 2.24. The Labute approximate surface area is 208 Å². The molecule has 2 N–H and O–H groups in total. The molecular formula is C31H32N4. The Kier molecular flexibility index (Phi) is 8.74. The number of nitrogens with zero attached hydrogens (tertiary/aromatic N) is 3. The van der Waals surface area contributed by atoms with E-state index in [0.29, 0.717) is 12.1 Å². The zero-order valence-electron chi connectivity index (χ0n) is 20.5. The maximum atomic E-state index is 6.52. The lowest BCUT2D eigenvalue weighted by atomic mass is 10.1. The van der Waals surface area contributed by atoms with Gasteiger partial charge < -0.3 is 10.3 Å². The van der Waals surface area contributed by atoms with Crippen LogP contribution in [-0.2, 0) is 6.42 Å².